The Bertz CT molecular complexity index is 868. The first-order valence-corrected chi connectivity index (χ1v) is 10.1. The average Bonchev–Trinajstić information content (AvgIpc) is 2.67. The van der Waals surface area contributed by atoms with Crippen LogP contribution in [0.3, 0.4) is 0 Å². The van der Waals surface area contributed by atoms with Gasteiger partial charge < -0.3 is 15.0 Å². The van der Waals surface area contributed by atoms with Crippen LogP contribution in [-0.4, -0.2) is 42.2 Å². The van der Waals surface area contributed by atoms with E-state index in [9.17, 15) is 9.59 Å². The van der Waals surface area contributed by atoms with Gasteiger partial charge in [0.15, 0.2) is 0 Å². The van der Waals surface area contributed by atoms with Crippen LogP contribution in [0.4, 0.5) is 5.95 Å². The fourth-order valence-corrected chi connectivity index (χ4v) is 3.40. The van der Waals surface area contributed by atoms with Gasteiger partial charge in [-0.15, -0.1) is 0 Å². The first kappa shape index (κ1) is 21.0. The summed E-state index contributed by atoms with van der Waals surface area (Å²) in [6.45, 7) is 8.73. The van der Waals surface area contributed by atoms with Gasteiger partial charge in [-0.3, -0.25) is 14.6 Å². The predicted octanol–water partition coefficient (Wildman–Crippen LogP) is 2.44. The van der Waals surface area contributed by atoms with Crippen molar-refractivity contribution < 1.29 is 9.53 Å². The third-order valence-electron chi connectivity index (χ3n) is 4.73. The molecule has 0 aliphatic carbocycles. The molecule has 2 aromatic rings. The van der Waals surface area contributed by atoms with E-state index >= 15 is 0 Å². The SMILES string of the molecule is CC(C)(C)CC(=O)NC(Cc1cc(=O)[nH]c(N2CCOCC2)n1)c1ccccc1. The molecular weight excluding hydrogens is 368 g/mol. The van der Waals surface area contributed by atoms with Crippen molar-refractivity contribution in [2.75, 3.05) is 31.2 Å². The van der Waals surface area contributed by atoms with Crippen molar-refractivity contribution in [2.24, 2.45) is 5.41 Å². The monoisotopic (exact) mass is 398 g/mol. The number of carbonyl (C=O) groups is 1. The second-order valence-corrected chi connectivity index (χ2v) is 8.63. The van der Waals surface area contributed by atoms with Gasteiger partial charge in [0.25, 0.3) is 5.56 Å². The highest BCUT2D eigenvalue weighted by atomic mass is 16.5. The van der Waals surface area contributed by atoms with Gasteiger partial charge in [-0.1, -0.05) is 51.1 Å². The second kappa shape index (κ2) is 9.22. The van der Waals surface area contributed by atoms with Crippen molar-refractivity contribution in [3.05, 3.63) is 58.0 Å². The van der Waals surface area contributed by atoms with Gasteiger partial charge in [-0.05, 0) is 11.0 Å². The summed E-state index contributed by atoms with van der Waals surface area (Å²) in [6, 6.07) is 11.1. The van der Waals surface area contributed by atoms with Gasteiger partial charge in [0.2, 0.25) is 11.9 Å². The van der Waals surface area contributed by atoms with Crippen LogP contribution in [0.5, 0.6) is 0 Å². The van der Waals surface area contributed by atoms with E-state index < -0.39 is 0 Å². The van der Waals surface area contributed by atoms with Gasteiger partial charge in [0.05, 0.1) is 24.9 Å². The number of amides is 1. The van der Waals surface area contributed by atoms with E-state index in [-0.39, 0.29) is 22.9 Å². The second-order valence-electron chi connectivity index (χ2n) is 8.63. The van der Waals surface area contributed by atoms with E-state index in [1.54, 1.807) is 0 Å². The number of nitrogens with zero attached hydrogens (tertiary/aromatic N) is 2. The highest BCUT2D eigenvalue weighted by molar-refractivity contribution is 5.77. The summed E-state index contributed by atoms with van der Waals surface area (Å²) in [5.74, 6) is 0.549. The molecule has 0 spiro atoms. The molecule has 1 aromatic carbocycles. The maximum Gasteiger partial charge on any atom is 0.252 e. The summed E-state index contributed by atoms with van der Waals surface area (Å²) in [6.07, 6.45) is 0.874. The van der Waals surface area contributed by atoms with Crippen molar-refractivity contribution in [1.82, 2.24) is 15.3 Å². The molecule has 7 heteroatoms. The van der Waals surface area contributed by atoms with Crippen LogP contribution in [0.15, 0.2) is 41.2 Å². The standard InChI is InChI=1S/C22H30N4O3/c1-22(2,3)15-20(28)24-18(16-7-5-4-6-8-16)13-17-14-19(27)25-21(23-17)26-9-11-29-12-10-26/h4-8,14,18H,9-13,15H2,1-3H3,(H,24,28)(H,23,25,27). The number of aromatic amines is 1. The smallest absolute Gasteiger partial charge is 0.252 e. The van der Waals surface area contributed by atoms with E-state index in [0.29, 0.717) is 50.8 Å². The molecule has 1 saturated heterocycles. The molecule has 1 atom stereocenters. The molecule has 1 aromatic heterocycles. The molecule has 1 unspecified atom stereocenters. The van der Waals surface area contributed by atoms with Crippen molar-refractivity contribution in [3.63, 3.8) is 0 Å². The third kappa shape index (κ3) is 6.42. The van der Waals surface area contributed by atoms with Crippen molar-refractivity contribution >= 4 is 11.9 Å². The van der Waals surface area contributed by atoms with Crippen LogP contribution < -0.4 is 15.8 Å². The van der Waals surface area contributed by atoms with Gasteiger partial charge in [0, 0.05) is 32.0 Å². The first-order chi connectivity index (χ1) is 13.8. The Morgan fingerprint density at radius 1 is 1.24 bits per heavy atom. The van der Waals surface area contributed by atoms with Crippen LogP contribution in [0, 0.1) is 5.41 Å². The zero-order chi connectivity index (χ0) is 20.9. The van der Waals surface area contributed by atoms with E-state index in [2.05, 4.69) is 15.3 Å². The van der Waals surface area contributed by atoms with Gasteiger partial charge in [-0.2, -0.15) is 0 Å². The lowest BCUT2D eigenvalue weighted by atomic mass is 9.91. The zero-order valence-corrected chi connectivity index (χ0v) is 17.4. The van der Waals surface area contributed by atoms with Gasteiger partial charge >= 0.3 is 0 Å². The minimum absolute atomic E-state index is 0.00963. The normalized spacial score (nSPS) is 15.8. The van der Waals surface area contributed by atoms with Crippen molar-refractivity contribution in [1.29, 1.82) is 0 Å². The van der Waals surface area contributed by atoms with Crippen molar-refractivity contribution in [2.45, 2.75) is 39.7 Å². The molecule has 0 radical (unpaired) electrons. The lowest BCUT2D eigenvalue weighted by molar-refractivity contribution is -0.123. The number of aromatic nitrogens is 2. The average molecular weight is 399 g/mol. The molecule has 0 saturated carbocycles. The molecule has 1 aliphatic rings. The Balaban J connectivity index is 1.82. The Morgan fingerprint density at radius 2 is 1.93 bits per heavy atom. The number of ether oxygens (including phenoxy) is 1. The highest BCUT2D eigenvalue weighted by Crippen LogP contribution is 2.22. The Kier molecular flexibility index (Phi) is 6.69. The highest BCUT2D eigenvalue weighted by Gasteiger charge is 2.22. The summed E-state index contributed by atoms with van der Waals surface area (Å²) in [7, 11) is 0. The molecule has 2 heterocycles. The number of benzene rings is 1. The van der Waals surface area contributed by atoms with E-state index in [1.807, 2.05) is 56.0 Å². The number of H-pyrrole nitrogens is 1. The number of hydrogen-bond donors (Lipinski definition) is 2. The Hall–Kier alpha value is -2.67. The minimum Gasteiger partial charge on any atom is -0.378 e. The molecule has 29 heavy (non-hydrogen) atoms. The minimum atomic E-state index is -0.252. The summed E-state index contributed by atoms with van der Waals surface area (Å²) in [5, 5.41) is 3.13. The molecule has 1 fully saturated rings. The fraction of sp³-hybridized carbons (Fsp3) is 0.500. The van der Waals surface area contributed by atoms with E-state index in [4.69, 9.17) is 4.74 Å². The van der Waals surface area contributed by atoms with Crippen LogP contribution in [0.2, 0.25) is 0 Å². The largest absolute Gasteiger partial charge is 0.378 e. The molecule has 3 rings (SSSR count). The number of nitrogens with one attached hydrogen (secondary N) is 2. The van der Waals surface area contributed by atoms with E-state index in [0.717, 1.165) is 5.56 Å². The van der Waals surface area contributed by atoms with Crippen LogP contribution in [-0.2, 0) is 16.0 Å². The maximum atomic E-state index is 12.6. The molecule has 156 valence electrons. The molecule has 1 aliphatic heterocycles. The summed E-state index contributed by atoms with van der Waals surface area (Å²) >= 11 is 0. The summed E-state index contributed by atoms with van der Waals surface area (Å²) in [4.78, 5) is 34.3. The summed E-state index contributed by atoms with van der Waals surface area (Å²) < 4.78 is 5.38. The van der Waals surface area contributed by atoms with E-state index in [1.165, 1.54) is 6.07 Å². The molecule has 7 nitrogen and oxygen atoms in total. The molecule has 0 bridgehead atoms. The van der Waals surface area contributed by atoms with Gasteiger partial charge in [-0.25, -0.2) is 4.98 Å². The third-order valence-corrected chi connectivity index (χ3v) is 4.73. The lowest BCUT2D eigenvalue weighted by Gasteiger charge is -2.27. The van der Waals surface area contributed by atoms with Gasteiger partial charge in [0.1, 0.15) is 0 Å². The number of carbonyl (C=O) groups excluding carboxylic acids is 1. The number of rotatable bonds is 6. The lowest BCUT2D eigenvalue weighted by Crippen LogP contribution is -2.38. The number of morpholine rings is 1. The van der Waals surface area contributed by atoms with Crippen LogP contribution >= 0.6 is 0 Å². The zero-order valence-electron chi connectivity index (χ0n) is 17.4. The van der Waals surface area contributed by atoms with Crippen LogP contribution in [0.1, 0.15) is 44.5 Å². The predicted molar refractivity (Wildman–Crippen MR) is 113 cm³/mol. The molecule has 2 N–H and O–H groups in total. The number of anilines is 1. The first-order valence-electron chi connectivity index (χ1n) is 10.1. The molecular formula is C22H30N4O3. The number of hydrogen-bond acceptors (Lipinski definition) is 5. The fourth-order valence-electron chi connectivity index (χ4n) is 3.40. The Morgan fingerprint density at radius 3 is 2.59 bits per heavy atom. The maximum absolute atomic E-state index is 12.6. The Labute approximate surface area is 171 Å². The summed E-state index contributed by atoms with van der Waals surface area (Å²) in [5.41, 5.74) is 1.35. The van der Waals surface area contributed by atoms with Crippen LogP contribution in [0.25, 0.3) is 0 Å². The molecule has 1 amide bonds. The topological polar surface area (TPSA) is 87.3 Å². The quantitative estimate of drug-likeness (QED) is 0.780. The van der Waals surface area contributed by atoms with Crippen molar-refractivity contribution in [3.8, 4) is 0 Å².